The lowest BCUT2D eigenvalue weighted by Gasteiger charge is -2.10. The van der Waals surface area contributed by atoms with Gasteiger partial charge in [0.15, 0.2) is 5.65 Å². The summed E-state index contributed by atoms with van der Waals surface area (Å²) in [5.74, 6) is -0.369. The highest BCUT2D eigenvalue weighted by Crippen LogP contribution is 2.23. The summed E-state index contributed by atoms with van der Waals surface area (Å²) < 4.78 is 1.78. The van der Waals surface area contributed by atoms with Gasteiger partial charge in [-0.3, -0.25) is 14.6 Å². The van der Waals surface area contributed by atoms with Crippen LogP contribution in [0.1, 0.15) is 28.4 Å². The topological polar surface area (TPSA) is 115 Å². The lowest BCUT2D eigenvalue weighted by molar-refractivity contribution is -0.00690. The number of nitrogens with one attached hydrogen (secondary N) is 1. The molecule has 1 amide bonds. The van der Waals surface area contributed by atoms with E-state index in [1.165, 1.54) is 0 Å². The van der Waals surface area contributed by atoms with Gasteiger partial charge in [0.25, 0.3) is 5.91 Å². The van der Waals surface area contributed by atoms with Crippen LogP contribution in [0.3, 0.4) is 0 Å². The molecule has 0 aliphatic heterocycles. The summed E-state index contributed by atoms with van der Waals surface area (Å²) in [6.07, 6.45) is 1.12. The van der Waals surface area contributed by atoms with Crippen LogP contribution in [0.4, 0.5) is 0 Å². The van der Waals surface area contributed by atoms with Crippen molar-refractivity contribution in [3.05, 3.63) is 83.6 Å². The molecule has 0 spiro atoms. The van der Waals surface area contributed by atoms with Crippen molar-refractivity contribution in [2.45, 2.75) is 26.5 Å². The zero-order valence-corrected chi connectivity index (χ0v) is 19.3. The highest BCUT2D eigenvalue weighted by molar-refractivity contribution is 5.95. The fourth-order valence-corrected chi connectivity index (χ4v) is 3.88. The normalized spacial score (nSPS) is 12.2. The minimum atomic E-state index is -0.666. The Morgan fingerprint density at radius 2 is 1.97 bits per heavy atom. The molecule has 0 saturated heterocycles. The third-order valence-corrected chi connectivity index (χ3v) is 5.62. The van der Waals surface area contributed by atoms with E-state index in [0.717, 1.165) is 33.3 Å². The summed E-state index contributed by atoms with van der Waals surface area (Å²) in [6, 6.07) is 19.3. The van der Waals surface area contributed by atoms with Crippen LogP contribution in [-0.2, 0) is 11.4 Å². The molecule has 35 heavy (non-hydrogen) atoms. The van der Waals surface area contributed by atoms with Crippen LogP contribution in [0.15, 0.2) is 66.9 Å². The van der Waals surface area contributed by atoms with Gasteiger partial charge in [-0.25, -0.2) is 15.1 Å². The maximum absolute atomic E-state index is 12.4. The van der Waals surface area contributed by atoms with Crippen molar-refractivity contribution < 1.29 is 14.7 Å². The molecule has 0 saturated carbocycles. The van der Waals surface area contributed by atoms with E-state index < -0.39 is 6.10 Å². The third-order valence-electron chi connectivity index (χ3n) is 5.62. The monoisotopic (exact) mass is 468 g/mol. The zero-order valence-electron chi connectivity index (χ0n) is 19.3. The number of aliphatic hydroxyl groups excluding tert-OH is 1. The predicted octanol–water partition coefficient (Wildman–Crippen LogP) is 3.44. The highest BCUT2D eigenvalue weighted by Gasteiger charge is 2.13. The molecule has 9 heteroatoms. The van der Waals surface area contributed by atoms with E-state index in [4.69, 9.17) is 9.82 Å². The lowest BCUT2D eigenvalue weighted by atomic mass is 10.0. The summed E-state index contributed by atoms with van der Waals surface area (Å²) in [4.78, 5) is 26.6. The van der Waals surface area contributed by atoms with E-state index in [2.05, 4.69) is 26.8 Å². The Hall–Kier alpha value is -4.21. The maximum Gasteiger partial charge on any atom is 0.275 e. The van der Waals surface area contributed by atoms with Crippen molar-refractivity contribution in [2.24, 2.45) is 0 Å². The number of pyridine rings is 2. The molecule has 0 bridgehead atoms. The van der Waals surface area contributed by atoms with Crippen LogP contribution >= 0.6 is 0 Å². The second kappa shape index (κ2) is 9.57. The number of hydrogen-bond donors (Lipinski definition) is 2. The van der Waals surface area contributed by atoms with Gasteiger partial charge in [0, 0.05) is 22.7 Å². The van der Waals surface area contributed by atoms with Crippen LogP contribution < -0.4 is 5.48 Å². The van der Waals surface area contributed by atoms with Gasteiger partial charge in [-0.2, -0.15) is 0 Å². The number of hydrogen-bond acceptors (Lipinski definition) is 7. The summed E-state index contributed by atoms with van der Waals surface area (Å²) in [5, 5.41) is 18.9. The maximum atomic E-state index is 12.4. The molecule has 5 rings (SSSR count). The smallest absolute Gasteiger partial charge is 0.275 e. The Bertz CT molecular complexity index is 1530. The van der Waals surface area contributed by atoms with Crippen molar-refractivity contribution in [3.63, 3.8) is 0 Å². The number of benzene rings is 2. The third kappa shape index (κ3) is 4.86. The SMILES string of the molecule is Cc1cc(-c2ccc3nnn(Cc4ccc5ncccc5c4)c3n2)ccc1C(=O)NOC[C@@H](C)O. The van der Waals surface area contributed by atoms with E-state index in [1.54, 1.807) is 23.9 Å². The summed E-state index contributed by atoms with van der Waals surface area (Å²) >= 11 is 0. The highest BCUT2D eigenvalue weighted by atomic mass is 16.7. The van der Waals surface area contributed by atoms with Gasteiger partial charge in [0.2, 0.25) is 0 Å². The Morgan fingerprint density at radius 3 is 2.80 bits per heavy atom. The number of amides is 1. The van der Waals surface area contributed by atoms with E-state index in [0.29, 0.717) is 23.3 Å². The van der Waals surface area contributed by atoms with Gasteiger partial charge in [-0.1, -0.05) is 23.4 Å². The Balaban J connectivity index is 1.40. The first kappa shape index (κ1) is 22.6. The number of carbonyl (C=O) groups is 1. The van der Waals surface area contributed by atoms with Crippen molar-refractivity contribution >= 4 is 28.0 Å². The van der Waals surface area contributed by atoms with E-state index >= 15 is 0 Å². The van der Waals surface area contributed by atoms with Gasteiger partial charge in [-0.05, 0) is 67.4 Å². The number of hydroxylamine groups is 1. The van der Waals surface area contributed by atoms with Crippen LogP contribution in [0.5, 0.6) is 0 Å². The lowest BCUT2D eigenvalue weighted by Crippen LogP contribution is -2.27. The van der Waals surface area contributed by atoms with Gasteiger partial charge in [-0.15, -0.1) is 5.10 Å². The van der Waals surface area contributed by atoms with Crippen molar-refractivity contribution in [1.29, 1.82) is 0 Å². The minimum absolute atomic E-state index is 0.0185. The van der Waals surface area contributed by atoms with Crippen molar-refractivity contribution in [1.82, 2.24) is 30.4 Å². The average Bonchev–Trinajstić information content (AvgIpc) is 3.25. The quantitative estimate of drug-likeness (QED) is 0.352. The van der Waals surface area contributed by atoms with Crippen LogP contribution in [0.2, 0.25) is 0 Å². The van der Waals surface area contributed by atoms with Gasteiger partial charge in [0.05, 0.1) is 23.9 Å². The van der Waals surface area contributed by atoms with E-state index in [9.17, 15) is 9.90 Å². The molecule has 2 aromatic carbocycles. The van der Waals surface area contributed by atoms with Crippen LogP contribution in [0.25, 0.3) is 33.3 Å². The fraction of sp³-hybridized carbons (Fsp3) is 0.192. The van der Waals surface area contributed by atoms with E-state index in [-0.39, 0.29) is 12.5 Å². The summed E-state index contributed by atoms with van der Waals surface area (Å²) in [7, 11) is 0. The molecule has 0 aliphatic carbocycles. The molecule has 0 unspecified atom stereocenters. The average molecular weight is 469 g/mol. The number of aryl methyl sites for hydroxylation is 1. The number of aliphatic hydroxyl groups is 1. The Labute approximate surface area is 201 Å². The number of nitrogens with zero attached hydrogens (tertiary/aromatic N) is 5. The van der Waals surface area contributed by atoms with Gasteiger partial charge < -0.3 is 5.11 Å². The number of fused-ring (bicyclic) bond motifs is 2. The standard InChI is InChI=1S/C26H24N6O3/c1-16-12-20(6-7-21(16)26(34)30-35-15-17(2)33)23-9-10-24-25(28-23)32(31-29-24)14-18-5-8-22-19(13-18)4-3-11-27-22/h3-13,17,33H,14-15H2,1-2H3,(H,30,34)/t17-/m1/s1. The van der Waals surface area contributed by atoms with Crippen LogP contribution in [-0.4, -0.2) is 48.7 Å². The van der Waals surface area contributed by atoms with Crippen molar-refractivity contribution in [2.75, 3.05) is 6.61 Å². The summed E-state index contributed by atoms with van der Waals surface area (Å²) in [5.41, 5.74) is 8.65. The molecule has 1 atom stereocenters. The molecule has 3 heterocycles. The first-order valence-electron chi connectivity index (χ1n) is 11.2. The second-order valence-electron chi connectivity index (χ2n) is 8.44. The molecule has 2 N–H and O–H groups in total. The number of aromatic nitrogens is 5. The first-order valence-corrected chi connectivity index (χ1v) is 11.2. The molecule has 176 valence electrons. The molecular weight excluding hydrogens is 444 g/mol. The zero-order chi connectivity index (χ0) is 24.4. The Kier molecular flexibility index (Phi) is 6.17. The molecular formula is C26H24N6O3. The molecule has 9 nitrogen and oxygen atoms in total. The van der Waals surface area contributed by atoms with Gasteiger partial charge >= 0.3 is 0 Å². The summed E-state index contributed by atoms with van der Waals surface area (Å²) in [6.45, 7) is 3.98. The van der Waals surface area contributed by atoms with Gasteiger partial charge in [0.1, 0.15) is 12.1 Å². The van der Waals surface area contributed by atoms with Crippen molar-refractivity contribution in [3.8, 4) is 11.3 Å². The minimum Gasteiger partial charge on any atom is -0.391 e. The largest absolute Gasteiger partial charge is 0.391 e. The van der Waals surface area contributed by atoms with E-state index in [1.807, 2.05) is 55.5 Å². The van der Waals surface area contributed by atoms with Crippen LogP contribution in [0, 0.1) is 6.92 Å². The molecule has 0 aliphatic rings. The number of rotatable bonds is 7. The molecule has 5 aromatic rings. The first-order chi connectivity index (χ1) is 17.0. The second-order valence-corrected chi connectivity index (χ2v) is 8.44. The molecule has 3 aromatic heterocycles. The predicted molar refractivity (Wildman–Crippen MR) is 131 cm³/mol. The molecule has 0 radical (unpaired) electrons. The Morgan fingerprint density at radius 1 is 1.11 bits per heavy atom. The molecule has 0 fully saturated rings. The number of carbonyl (C=O) groups excluding carboxylic acids is 1. The fourth-order valence-electron chi connectivity index (χ4n) is 3.88.